The Balaban J connectivity index is 2.44. The maximum absolute atomic E-state index is 5.63. The van der Waals surface area contributed by atoms with E-state index in [2.05, 4.69) is 5.32 Å². The van der Waals surface area contributed by atoms with Crippen LogP contribution < -0.4 is 20.5 Å². The van der Waals surface area contributed by atoms with Gasteiger partial charge in [-0.2, -0.15) is 0 Å². The lowest BCUT2D eigenvalue weighted by Crippen LogP contribution is -2.09. The molecule has 2 rings (SSSR count). The molecule has 0 fully saturated rings. The molecule has 0 saturated carbocycles. The van der Waals surface area contributed by atoms with E-state index in [1.54, 1.807) is 14.2 Å². The number of nitrogens with one attached hydrogen (secondary N) is 1. The van der Waals surface area contributed by atoms with Crippen molar-refractivity contribution >= 4 is 5.69 Å². The molecule has 1 aromatic rings. The fourth-order valence-corrected chi connectivity index (χ4v) is 2.29. The van der Waals surface area contributed by atoms with Crippen LogP contribution >= 0.6 is 0 Å². The third kappa shape index (κ3) is 1.69. The number of nitrogens with two attached hydrogens (primary N) is 1. The molecule has 88 valence electrons. The third-order valence-electron chi connectivity index (χ3n) is 3.06. The van der Waals surface area contributed by atoms with E-state index in [9.17, 15) is 0 Å². The molecule has 1 heterocycles. The summed E-state index contributed by atoms with van der Waals surface area (Å²) >= 11 is 0. The van der Waals surface area contributed by atoms with Crippen molar-refractivity contribution in [2.75, 3.05) is 32.6 Å². The Kier molecular flexibility index (Phi) is 3.19. The molecule has 0 radical (unpaired) electrons. The first kappa shape index (κ1) is 11.1. The Morgan fingerprint density at radius 1 is 1.31 bits per heavy atom. The van der Waals surface area contributed by atoms with Gasteiger partial charge in [0.2, 0.25) is 0 Å². The smallest absolute Gasteiger partial charge is 0.142 e. The Morgan fingerprint density at radius 3 is 2.62 bits per heavy atom. The summed E-state index contributed by atoms with van der Waals surface area (Å²) < 4.78 is 10.7. The van der Waals surface area contributed by atoms with Gasteiger partial charge in [-0.15, -0.1) is 0 Å². The molecule has 0 amide bonds. The molecule has 0 aliphatic carbocycles. The van der Waals surface area contributed by atoms with Crippen LogP contribution in [0.3, 0.4) is 0 Å². The lowest BCUT2D eigenvalue weighted by molar-refractivity contribution is 0.399. The normalized spacial score (nSPS) is 17.8. The Labute approximate surface area is 95.7 Å². The van der Waals surface area contributed by atoms with Gasteiger partial charge in [0.1, 0.15) is 11.5 Å². The number of hydrogen-bond donors (Lipinski definition) is 2. The van der Waals surface area contributed by atoms with E-state index in [1.807, 2.05) is 12.1 Å². The molecule has 0 saturated heterocycles. The SMILES string of the molecule is COc1ccc(OC)c2c1NCC2CCN. The third-order valence-corrected chi connectivity index (χ3v) is 3.06. The lowest BCUT2D eigenvalue weighted by atomic mass is 9.96. The summed E-state index contributed by atoms with van der Waals surface area (Å²) in [6.45, 7) is 1.59. The number of benzene rings is 1. The first-order valence-electron chi connectivity index (χ1n) is 5.50. The summed E-state index contributed by atoms with van der Waals surface area (Å²) in [6.07, 6.45) is 0.962. The van der Waals surface area contributed by atoms with E-state index in [4.69, 9.17) is 15.2 Å². The second-order valence-corrected chi connectivity index (χ2v) is 3.91. The number of ether oxygens (including phenoxy) is 2. The second kappa shape index (κ2) is 4.61. The highest BCUT2D eigenvalue weighted by Gasteiger charge is 2.28. The van der Waals surface area contributed by atoms with Crippen molar-refractivity contribution in [3.8, 4) is 11.5 Å². The van der Waals surface area contributed by atoms with Crippen molar-refractivity contribution < 1.29 is 9.47 Å². The van der Waals surface area contributed by atoms with Crippen LogP contribution in [0.5, 0.6) is 11.5 Å². The number of fused-ring (bicyclic) bond motifs is 1. The van der Waals surface area contributed by atoms with Crippen LogP contribution in [-0.2, 0) is 0 Å². The van der Waals surface area contributed by atoms with Crippen molar-refractivity contribution in [3.63, 3.8) is 0 Å². The van der Waals surface area contributed by atoms with Gasteiger partial charge in [0.25, 0.3) is 0 Å². The maximum Gasteiger partial charge on any atom is 0.142 e. The minimum absolute atomic E-state index is 0.421. The highest BCUT2D eigenvalue weighted by Crippen LogP contribution is 2.45. The largest absolute Gasteiger partial charge is 0.496 e. The molecule has 1 atom stereocenters. The molecule has 4 heteroatoms. The van der Waals surface area contributed by atoms with Gasteiger partial charge in [-0.1, -0.05) is 0 Å². The molecule has 0 aromatic heterocycles. The van der Waals surface area contributed by atoms with Gasteiger partial charge in [0.15, 0.2) is 0 Å². The molecule has 3 N–H and O–H groups in total. The first-order chi connectivity index (χ1) is 7.81. The topological polar surface area (TPSA) is 56.5 Å². The van der Waals surface area contributed by atoms with E-state index < -0.39 is 0 Å². The minimum Gasteiger partial charge on any atom is -0.496 e. The second-order valence-electron chi connectivity index (χ2n) is 3.91. The zero-order valence-corrected chi connectivity index (χ0v) is 9.75. The summed E-state index contributed by atoms with van der Waals surface area (Å²) in [5.74, 6) is 2.21. The van der Waals surface area contributed by atoms with E-state index in [0.29, 0.717) is 12.5 Å². The van der Waals surface area contributed by atoms with Gasteiger partial charge < -0.3 is 20.5 Å². The van der Waals surface area contributed by atoms with E-state index in [1.165, 1.54) is 5.56 Å². The number of hydrogen-bond acceptors (Lipinski definition) is 4. The van der Waals surface area contributed by atoms with Gasteiger partial charge in [-0.3, -0.25) is 0 Å². The van der Waals surface area contributed by atoms with Crippen LogP contribution in [0, 0.1) is 0 Å². The Hall–Kier alpha value is -1.42. The van der Waals surface area contributed by atoms with Gasteiger partial charge in [-0.05, 0) is 25.1 Å². The van der Waals surface area contributed by atoms with Gasteiger partial charge in [0, 0.05) is 18.0 Å². The van der Waals surface area contributed by atoms with Crippen molar-refractivity contribution in [1.82, 2.24) is 0 Å². The molecule has 1 aliphatic heterocycles. The first-order valence-corrected chi connectivity index (χ1v) is 5.50. The van der Waals surface area contributed by atoms with Gasteiger partial charge in [0.05, 0.1) is 19.9 Å². The summed E-state index contributed by atoms with van der Waals surface area (Å²) in [7, 11) is 3.37. The molecule has 16 heavy (non-hydrogen) atoms. The van der Waals surface area contributed by atoms with Crippen LogP contribution in [0.25, 0.3) is 0 Å². The highest BCUT2D eigenvalue weighted by atomic mass is 16.5. The van der Waals surface area contributed by atoms with E-state index in [0.717, 1.165) is 30.2 Å². The quantitative estimate of drug-likeness (QED) is 0.811. The van der Waals surface area contributed by atoms with Crippen molar-refractivity contribution in [2.45, 2.75) is 12.3 Å². The van der Waals surface area contributed by atoms with Crippen LogP contribution in [0.2, 0.25) is 0 Å². The zero-order valence-electron chi connectivity index (χ0n) is 9.75. The summed E-state index contributed by atoms with van der Waals surface area (Å²) in [5, 5.41) is 3.37. The van der Waals surface area contributed by atoms with Crippen molar-refractivity contribution in [1.29, 1.82) is 0 Å². The maximum atomic E-state index is 5.63. The molecular weight excluding hydrogens is 204 g/mol. The standard InChI is InChI=1S/C12H18N2O2/c1-15-9-3-4-10(16-2)12-11(9)8(5-6-13)7-14-12/h3-4,8,14H,5-7,13H2,1-2H3. The zero-order chi connectivity index (χ0) is 11.5. The number of methoxy groups -OCH3 is 2. The minimum atomic E-state index is 0.421. The monoisotopic (exact) mass is 222 g/mol. The van der Waals surface area contributed by atoms with Crippen LogP contribution in [0.4, 0.5) is 5.69 Å². The fourth-order valence-electron chi connectivity index (χ4n) is 2.29. The molecule has 1 unspecified atom stereocenters. The van der Waals surface area contributed by atoms with Crippen molar-refractivity contribution in [3.05, 3.63) is 17.7 Å². The van der Waals surface area contributed by atoms with Crippen LogP contribution in [0.15, 0.2) is 12.1 Å². The Bertz CT molecular complexity index is 380. The average Bonchev–Trinajstić information content (AvgIpc) is 2.73. The predicted molar refractivity (Wildman–Crippen MR) is 64.4 cm³/mol. The van der Waals surface area contributed by atoms with Crippen molar-refractivity contribution in [2.24, 2.45) is 5.73 Å². The lowest BCUT2D eigenvalue weighted by Gasteiger charge is -2.14. The van der Waals surface area contributed by atoms with Gasteiger partial charge in [-0.25, -0.2) is 0 Å². The fraction of sp³-hybridized carbons (Fsp3) is 0.500. The molecule has 0 spiro atoms. The van der Waals surface area contributed by atoms with E-state index in [-0.39, 0.29) is 0 Å². The Morgan fingerprint density at radius 2 is 2.00 bits per heavy atom. The highest BCUT2D eigenvalue weighted by molar-refractivity contribution is 5.71. The number of anilines is 1. The summed E-state index contributed by atoms with van der Waals surface area (Å²) in [6, 6.07) is 3.88. The van der Waals surface area contributed by atoms with E-state index >= 15 is 0 Å². The van der Waals surface area contributed by atoms with Crippen LogP contribution in [0.1, 0.15) is 17.9 Å². The molecule has 1 aliphatic rings. The predicted octanol–water partition coefficient (Wildman–Crippen LogP) is 1.56. The van der Waals surface area contributed by atoms with Crippen LogP contribution in [-0.4, -0.2) is 27.3 Å². The number of rotatable bonds is 4. The van der Waals surface area contributed by atoms with Gasteiger partial charge >= 0.3 is 0 Å². The average molecular weight is 222 g/mol. The molecular formula is C12H18N2O2. The molecule has 1 aromatic carbocycles. The molecule has 0 bridgehead atoms. The summed E-state index contributed by atoms with van der Waals surface area (Å²) in [5.41, 5.74) is 7.88. The molecule has 4 nitrogen and oxygen atoms in total. The summed E-state index contributed by atoms with van der Waals surface area (Å²) in [4.78, 5) is 0.